The Labute approximate surface area is 139 Å². The largest absolute Gasteiger partial charge is 0.325 e. The van der Waals surface area contributed by atoms with Crippen molar-refractivity contribution in [1.82, 2.24) is 0 Å². The van der Waals surface area contributed by atoms with Gasteiger partial charge in [-0.05, 0) is 49.7 Å². The minimum absolute atomic E-state index is 0.0170. The first-order valence-corrected chi connectivity index (χ1v) is 8.29. The Bertz CT molecular complexity index is 700. The molecule has 0 aliphatic rings. The molecule has 2 rings (SSSR count). The number of hydrogen-bond acceptors (Lipinski definition) is 3. The standard InChI is InChI=1S/C18H18FNO2S/c1-12(21)14-7-9-16(10-8-14)20-18(22)13(2)23-11-15-5-3-4-6-17(15)19/h3-10,13H,11H2,1-2H3,(H,20,22). The number of thioether (sulfide) groups is 1. The van der Waals surface area contributed by atoms with Crippen LogP contribution < -0.4 is 5.32 Å². The molecule has 1 N–H and O–H groups in total. The Morgan fingerprint density at radius 3 is 2.39 bits per heavy atom. The zero-order valence-electron chi connectivity index (χ0n) is 13.0. The predicted octanol–water partition coefficient (Wildman–Crippen LogP) is 4.29. The van der Waals surface area contributed by atoms with Crippen LogP contribution in [0.1, 0.15) is 29.8 Å². The van der Waals surface area contributed by atoms with Crippen molar-refractivity contribution in [3.05, 3.63) is 65.5 Å². The monoisotopic (exact) mass is 331 g/mol. The molecule has 23 heavy (non-hydrogen) atoms. The average molecular weight is 331 g/mol. The second kappa shape index (κ2) is 7.92. The van der Waals surface area contributed by atoms with Crippen molar-refractivity contribution in [2.75, 3.05) is 5.32 Å². The lowest BCUT2D eigenvalue weighted by atomic mass is 10.1. The van der Waals surface area contributed by atoms with E-state index in [9.17, 15) is 14.0 Å². The topological polar surface area (TPSA) is 46.2 Å². The van der Waals surface area contributed by atoms with Crippen LogP contribution in [-0.2, 0) is 10.5 Å². The molecule has 0 saturated heterocycles. The highest BCUT2D eigenvalue weighted by Gasteiger charge is 2.14. The van der Waals surface area contributed by atoms with E-state index in [0.717, 1.165) is 0 Å². The molecule has 1 atom stereocenters. The number of nitrogens with one attached hydrogen (secondary N) is 1. The number of amides is 1. The van der Waals surface area contributed by atoms with Gasteiger partial charge in [0.2, 0.25) is 5.91 Å². The Morgan fingerprint density at radius 2 is 1.78 bits per heavy atom. The second-order valence-electron chi connectivity index (χ2n) is 5.17. The van der Waals surface area contributed by atoms with E-state index in [1.54, 1.807) is 49.4 Å². The van der Waals surface area contributed by atoms with Crippen LogP contribution in [0.4, 0.5) is 10.1 Å². The lowest BCUT2D eigenvalue weighted by Crippen LogP contribution is -2.22. The summed E-state index contributed by atoms with van der Waals surface area (Å²) in [5.41, 5.74) is 1.83. The fourth-order valence-electron chi connectivity index (χ4n) is 1.94. The van der Waals surface area contributed by atoms with Crippen molar-refractivity contribution in [3.63, 3.8) is 0 Å². The van der Waals surface area contributed by atoms with Gasteiger partial charge in [-0.15, -0.1) is 11.8 Å². The molecule has 5 heteroatoms. The number of ketones is 1. The molecular weight excluding hydrogens is 313 g/mol. The van der Waals surface area contributed by atoms with E-state index in [1.165, 1.54) is 24.8 Å². The van der Waals surface area contributed by atoms with Crippen LogP contribution in [0, 0.1) is 5.82 Å². The summed E-state index contributed by atoms with van der Waals surface area (Å²) in [7, 11) is 0. The van der Waals surface area contributed by atoms with Crippen LogP contribution in [-0.4, -0.2) is 16.9 Å². The first-order valence-electron chi connectivity index (χ1n) is 7.24. The summed E-state index contributed by atoms with van der Waals surface area (Å²) >= 11 is 1.37. The third kappa shape index (κ3) is 4.93. The number of halogens is 1. The summed E-state index contributed by atoms with van der Waals surface area (Å²) in [6.07, 6.45) is 0. The van der Waals surface area contributed by atoms with Gasteiger partial charge < -0.3 is 5.32 Å². The third-order valence-corrected chi connectivity index (χ3v) is 4.57. The molecule has 2 aromatic rings. The van der Waals surface area contributed by atoms with Crippen molar-refractivity contribution in [3.8, 4) is 0 Å². The van der Waals surface area contributed by atoms with Gasteiger partial charge >= 0.3 is 0 Å². The Morgan fingerprint density at radius 1 is 1.13 bits per heavy atom. The maximum Gasteiger partial charge on any atom is 0.237 e. The number of rotatable bonds is 6. The molecule has 0 fully saturated rings. The molecule has 2 aromatic carbocycles. The lowest BCUT2D eigenvalue weighted by Gasteiger charge is -2.12. The molecule has 120 valence electrons. The van der Waals surface area contributed by atoms with Crippen molar-refractivity contribution in [1.29, 1.82) is 0 Å². The van der Waals surface area contributed by atoms with E-state index in [-0.39, 0.29) is 22.8 Å². The Hall–Kier alpha value is -2.14. The molecular formula is C18H18FNO2S. The van der Waals surface area contributed by atoms with E-state index < -0.39 is 0 Å². The second-order valence-corrected chi connectivity index (χ2v) is 6.50. The zero-order valence-corrected chi connectivity index (χ0v) is 13.8. The molecule has 0 aromatic heterocycles. The van der Waals surface area contributed by atoms with E-state index >= 15 is 0 Å². The van der Waals surface area contributed by atoms with Gasteiger partial charge in [-0.25, -0.2) is 4.39 Å². The van der Waals surface area contributed by atoms with E-state index in [4.69, 9.17) is 0 Å². The summed E-state index contributed by atoms with van der Waals surface area (Å²) < 4.78 is 13.5. The van der Waals surface area contributed by atoms with Crippen LogP contribution in [0.25, 0.3) is 0 Å². The lowest BCUT2D eigenvalue weighted by molar-refractivity contribution is -0.115. The van der Waals surface area contributed by atoms with Gasteiger partial charge in [-0.1, -0.05) is 18.2 Å². The minimum Gasteiger partial charge on any atom is -0.325 e. The van der Waals surface area contributed by atoms with Crippen molar-refractivity contribution >= 4 is 29.1 Å². The van der Waals surface area contributed by atoms with Gasteiger partial charge in [0.25, 0.3) is 0 Å². The SMILES string of the molecule is CC(=O)c1ccc(NC(=O)C(C)SCc2ccccc2F)cc1. The van der Waals surface area contributed by atoms with E-state index in [1.807, 2.05) is 0 Å². The zero-order chi connectivity index (χ0) is 16.8. The summed E-state index contributed by atoms with van der Waals surface area (Å²) in [5.74, 6) is 0.0101. The molecule has 1 unspecified atom stereocenters. The smallest absolute Gasteiger partial charge is 0.237 e. The van der Waals surface area contributed by atoms with Gasteiger partial charge in [0.15, 0.2) is 5.78 Å². The first kappa shape index (κ1) is 17.2. The fourth-order valence-corrected chi connectivity index (χ4v) is 2.81. The normalized spacial score (nSPS) is 11.8. The number of hydrogen-bond donors (Lipinski definition) is 1. The highest BCUT2D eigenvalue weighted by atomic mass is 32.2. The molecule has 0 bridgehead atoms. The number of anilines is 1. The predicted molar refractivity (Wildman–Crippen MR) is 92.2 cm³/mol. The summed E-state index contributed by atoms with van der Waals surface area (Å²) in [4.78, 5) is 23.4. The van der Waals surface area contributed by atoms with E-state index in [2.05, 4.69) is 5.32 Å². The van der Waals surface area contributed by atoms with Gasteiger partial charge in [0, 0.05) is 17.0 Å². The Balaban J connectivity index is 1.89. The van der Waals surface area contributed by atoms with Gasteiger partial charge in [-0.2, -0.15) is 0 Å². The highest BCUT2D eigenvalue weighted by Crippen LogP contribution is 2.21. The van der Waals surface area contributed by atoms with Crippen molar-refractivity contribution in [2.24, 2.45) is 0 Å². The summed E-state index contributed by atoms with van der Waals surface area (Å²) in [6.45, 7) is 3.28. The molecule has 1 amide bonds. The molecule has 0 heterocycles. The van der Waals surface area contributed by atoms with Crippen molar-refractivity contribution in [2.45, 2.75) is 24.9 Å². The first-order chi connectivity index (χ1) is 11.0. The maximum atomic E-state index is 13.5. The molecule has 0 aliphatic carbocycles. The highest BCUT2D eigenvalue weighted by molar-refractivity contribution is 7.99. The van der Waals surface area contributed by atoms with Gasteiger partial charge in [0.1, 0.15) is 5.82 Å². The van der Waals surface area contributed by atoms with Crippen LogP contribution >= 0.6 is 11.8 Å². The molecule has 0 radical (unpaired) electrons. The van der Waals surface area contributed by atoms with Crippen LogP contribution in [0.15, 0.2) is 48.5 Å². The third-order valence-electron chi connectivity index (χ3n) is 3.37. The molecule has 0 aliphatic heterocycles. The van der Waals surface area contributed by atoms with E-state index in [0.29, 0.717) is 22.6 Å². The minimum atomic E-state index is -0.318. The average Bonchev–Trinajstić information content (AvgIpc) is 2.54. The van der Waals surface area contributed by atoms with Gasteiger partial charge in [0.05, 0.1) is 5.25 Å². The van der Waals surface area contributed by atoms with Crippen LogP contribution in [0.2, 0.25) is 0 Å². The quantitative estimate of drug-likeness (QED) is 0.803. The number of benzene rings is 2. The van der Waals surface area contributed by atoms with Crippen LogP contribution in [0.3, 0.4) is 0 Å². The number of Topliss-reactive ketones (excluding diaryl/α,β-unsaturated/α-hetero) is 1. The Kier molecular flexibility index (Phi) is 5.93. The summed E-state index contributed by atoms with van der Waals surface area (Å²) in [5, 5.41) is 2.48. The van der Waals surface area contributed by atoms with Crippen LogP contribution in [0.5, 0.6) is 0 Å². The summed E-state index contributed by atoms with van der Waals surface area (Å²) in [6, 6.07) is 13.3. The fraction of sp³-hybridized carbons (Fsp3) is 0.222. The number of carbonyl (C=O) groups is 2. The number of carbonyl (C=O) groups excluding carboxylic acids is 2. The maximum absolute atomic E-state index is 13.5. The molecule has 0 spiro atoms. The molecule has 0 saturated carbocycles. The van der Waals surface area contributed by atoms with Crippen molar-refractivity contribution < 1.29 is 14.0 Å². The van der Waals surface area contributed by atoms with Gasteiger partial charge in [-0.3, -0.25) is 9.59 Å². The molecule has 3 nitrogen and oxygen atoms in total.